The van der Waals surface area contributed by atoms with Crippen LogP contribution in [0.3, 0.4) is 0 Å². The van der Waals surface area contributed by atoms with Gasteiger partial charge in [-0.3, -0.25) is 9.59 Å². The summed E-state index contributed by atoms with van der Waals surface area (Å²) in [6, 6.07) is 11.3. The van der Waals surface area contributed by atoms with Crippen molar-refractivity contribution in [1.29, 1.82) is 0 Å². The van der Waals surface area contributed by atoms with E-state index in [9.17, 15) is 14.0 Å². The zero-order chi connectivity index (χ0) is 20.8. The number of benzene rings is 2. The third-order valence-electron chi connectivity index (χ3n) is 3.96. The monoisotopic (exact) mass is 414 g/mol. The van der Waals surface area contributed by atoms with Crippen LogP contribution in [0.15, 0.2) is 47.6 Å². The van der Waals surface area contributed by atoms with Crippen molar-refractivity contribution in [3.8, 4) is 5.69 Å². The number of para-hydroxylation sites is 1. The van der Waals surface area contributed by atoms with Gasteiger partial charge in [0.2, 0.25) is 17.0 Å². The van der Waals surface area contributed by atoms with Gasteiger partial charge in [-0.05, 0) is 53.2 Å². The van der Waals surface area contributed by atoms with Crippen LogP contribution in [0.5, 0.6) is 0 Å². The van der Waals surface area contributed by atoms with E-state index < -0.39 is 5.82 Å². The van der Waals surface area contributed by atoms with E-state index >= 15 is 0 Å². The van der Waals surface area contributed by atoms with Gasteiger partial charge in [-0.15, -0.1) is 5.10 Å². The van der Waals surface area contributed by atoms with Crippen molar-refractivity contribution in [2.24, 2.45) is 0 Å². The topological polar surface area (TPSA) is 102 Å². The fraction of sp³-hybridized carbons (Fsp3) is 0.211. The minimum absolute atomic E-state index is 0.0438. The number of carbonyl (C=O) groups excluding carboxylic acids is 2. The fourth-order valence-corrected chi connectivity index (χ4v) is 3.17. The van der Waals surface area contributed by atoms with Crippen LogP contribution in [0.4, 0.5) is 15.8 Å². The molecule has 3 aromatic rings. The molecule has 3 rings (SSSR count). The number of hydrogen-bond acceptors (Lipinski definition) is 6. The number of hydrogen-bond donors (Lipinski definition) is 2. The Morgan fingerprint density at radius 1 is 1.14 bits per heavy atom. The molecule has 2 aromatic carbocycles. The highest BCUT2D eigenvalue weighted by atomic mass is 32.2. The fourth-order valence-electron chi connectivity index (χ4n) is 2.49. The van der Waals surface area contributed by atoms with Gasteiger partial charge in [-0.2, -0.15) is 4.68 Å². The Morgan fingerprint density at radius 2 is 1.93 bits per heavy atom. The lowest BCUT2D eigenvalue weighted by Gasteiger charge is -2.11. The molecule has 1 heterocycles. The Morgan fingerprint density at radius 3 is 2.66 bits per heavy atom. The minimum Gasteiger partial charge on any atom is -0.326 e. The first-order valence-electron chi connectivity index (χ1n) is 8.84. The molecule has 0 bridgehead atoms. The van der Waals surface area contributed by atoms with Crippen LogP contribution in [0.2, 0.25) is 0 Å². The molecular weight excluding hydrogens is 395 g/mol. The van der Waals surface area contributed by atoms with Crippen molar-refractivity contribution in [3.05, 3.63) is 53.8 Å². The number of halogens is 1. The van der Waals surface area contributed by atoms with Gasteiger partial charge < -0.3 is 10.6 Å². The summed E-state index contributed by atoms with van der Waals surface area (Å²) in [5.41, 5.74) is 2.35. The molecule has 150 valence electrons. The maximum Gasteiger partial charge on any atom is 0.234 e. The van der Waals surface area contributed by atoms with E-state index in [-0.39, 0.29) is 23.3 Å². The average molecular weight is 414 g/mol. The molecule has 0 unspecified atom stereocenters. The number of aromatic nitrogens is 4. The Balaban J connectivity index is 1.62. The second-order valence-electron chi connectivity index (χ2n) is 6.09. The molecule has 0 radical (unpaired) electrons. The molecule has 2 amide bonds. The van der Waals surface area contributed by atoms with Gasteiger partial charge in [0, 0.05) is 17.8 Å². The lowest BCUT2D eigenvalue weighted by Crippen LogP contribution is -2.15. The normalized spacial score (nSPS) is 10.6. The maximum absolute atomic E-state index is 14.0. The second kappa shape index (κ2) is 9.28. The number of nitrogens with zero attached hydrogens (tertiary/aromatic N) is 4. The van der Waals surface area contributed by atoms with Gasteiger partial charge >= 0.3 is 0 Å². The average Bonchev–Trinajstić information content (AvgIpc) is 3.17. The van der Waals surface area contributed by atoms with Crippen molar-refractivity contribution in [2.45, 2.75) is 25.4 Å². The minimum atomic E-state index is -0.461. The van der Waals surface area contributed by atoms with E-state index in [1.165, 1.54) is 10.7 Å². The molecule has 0 fully saturated rings. The predicted molar refractivity (Wildman–Crippen MR) is 109 cm³/mol. The largest absolute Gasteiger partial charge is 0.326 e. The molecule has 10 heteroatoms. The zero-order valence-electron chi connectivity index (χ0n) is 15.8. The quantitative estimate of drug-likeness (QED) is 0.576. The highest BCUT2D eigenvalue weighted by molar-refractivity contribution is 7.99. The van der Waals surface area contributed by atoms with E-state index in [4.69, 9.17) is 0 Å². The Hall–Kier alpha value is -3.27. The molecular formula is C19H19FN6O2S. The molecule has 0 aliphatic carbocycles. The summed E-state index contributed by atoms with van der Waals surface area (Å²) in [4.78, 5) is 23.8. The van der Waals surface area contributed by atoms with Crippen LogP contribution in [-0.2, 0) is 9.59 Å². The Labute approximate surface area is 170 Å². The van der Waals surface area contributed by atoms with Gasteiger partial charge in [0.25, 0.3) is 0 Å². The Kier molecular flexibility index (Phi) is 6.55. The van der Waals surface area contributed by atoms with Crippen LogP contribution in [0.25, 0.3) is 5.69 Å². The predicted octanol–water partition coefficient (Wildman–Crippen LogP) is 3.19. The SMILES string of the molecule is CCC(=O)Nc1ccc(NC(=O)CSc2nnnn2-c2ccccc2F)cc1C. The van der Waals surface area contributed by atoms with E-state index in [0.29, 0.717) is 23.0 Å². The van der Waals surface area contributed by atoms with E-state index in [1.807, 2.05) is 6.92 Å². The summed E-state index contributed by atoms with van der Waals surface area (Å²) in [5, 5.41) is 17.1. The van der Waals surface area contributed by atoms with Crippen molar-refractivity contribution >= 4 is 35.0 Å². The second-order valence-corrected chi connectivity index (χ2v) is 7.04. The molecule has 2 N–H and O–H groups in total. The van der Waals surface area contributed by atoms with E-state index in [2.05, 4.69) is 26.2 Å². The summed E-state index contributed by atoms with van der Waals surface area (Å²) in [5.74, 6) is -0.754. The molecule has 0 saturated heterocycles. The highest BCUT2D eigenvalue weighted by Gasteiger charge is 2.14. The van der Waals surface area contributed by atoms with Crippen molar-refractivity contribution in [3.63, 3.8) is 0 Å². The van der Waals surface area contributed by atoms with Crippen molar-refractivity contribution in [1.82, 2.24) is 20.2 Å². The number of tetrazole rings is 1. The zero-order valence-corrected chi connectivity index (χ0v) is 16.7. The van der Waals surface area contributed by atoms with Crippen LogP contribution < -0.4 is 10.6 Å². The molecule has 1 aromatic heterocycles. The first-order chi connectivity index (χ1) is 14.0. The van der Waals surface area contributed by atoms with E-state index in [1.54, 1.807) is 43.3 Å². The van der Waals surface area contributed by atoms with Gasteiger partial charge in [0.05, 0.1) is 5.75 Å². The maximum atomic E-state index is 14.0. The summed E-state index contributed by atoms with van der Waals surface area (Å²) in [6.07, 6.45) is 0.390. The molecule has 29 heavy (non-hydrogen) atoms. The summed E-state index contributed by atoms with van der Waals surface area (Å²) < 4.78 is 15.2. The number of aryl methyl sites for hydroxylation is 1. The molecule has 0 spiro atoms. The first kappa shape index (κ1) is 20.5. The lowest BCUT2D eigenvalue weighted by atomic mass is 10.1. The van der Waals surface area contributed by atoms with Crippen LogP contribution in [0.1, 0.15) is 18.9 Å². The first-order valence-corrected chi connectivity index (χ1v) is 9.83. The molecule has 8 nitrogen and oxygen atoms in total. The third-order valence-corrected chi connectivity index (χ3v) is 4.88. The molecule has 0 aliphatic rings. The molecule has 0 atom stereocenters. The Bertz CT molecular complexity index is 1040. The van der Waals surface area contributed by atoms with Gasteiger partial charge in [-0.25, -0.2) is 4.39 Å². The summed E-state index contributed by atoms with van der Waals surface area (Å²) in [6.45, 7) is 3.62. The van der Waals surface area contributed by atoms with Crippen molar-refractivity contribution in [2.75, 3.05) is 16.4 Å². The standard InChI is InChI=1S/C19H19FN6O2S/c1-3-17(27)22-15-9-8-13(10-12(15)2)21-18(28)11-29-19-23-24-25-26(19)16-7-5-4-6-14(16)20/h4-10H,3,11H2,1-2H3,(H,21,28)(H,22,27). The van der Waals surface area contributed by atoms with Crippen LogP contribution >= 0.6 is 11.8 Å². The van der Waals surface area contributed by atoms with Crippen molar-refractivity contribution < 1.29 is 14.0 Å². The smallest absolute Gasteiger partial charge is 0.234 e. The van der Waals surface area contributed by atoms with E-state index in [0.717, 1.165) is 17.3 Å². The van der Waals surface area contributed by atoms with Crippen LogP contribution in [0, 0.1) is 12.7 Å². The summed E-state index contributed by atoms with van der Waals surface area (Å²) >= 11 is 1.09. The lowest BCUT2D eigenvalue weighted by molar-refractivity contribution is -0.116. The van der Waals surface area contributed by atoms with Gasteiger partial charge in [0.15, 0.2) is 0 Å². The van der Waals surface area contributed by atoms with Gasteiger partial charge in [0.1, 0.15) is 11.5 Å². The number of anilines is 2. The number of carbonyl (C=O) groups is 2. The van der Waals surface area contributed by atoms with Crippen LogP contribution in [-0.4, -0.2) is 37.8 Å². The number of rotatable bonds is 7. The summed E-state index contributed by atoms with van der Waals surface area (Å²) in [7, 11) is 0. The number of thioether (sulfide) groups is 1. The molecule has 0 saturated carbocycles. The van der Waals surface area contributed by atoms with Gasteiger partial charge in [-0.1, -0.05) is 30.8 Å². The highest BCUT2D eigenvalue weighted by Crippen LogP contribution is 2.22. The number of nitrogens with one attached hydrogen (secondary N) is 2. The molecule has 0 aliphatic heterocycles. The third kappa shape index (κ3) is 5.17. The number of amides is 2.